The quantitative estimate of drug-likeness (QED) is 0.551. The Balaban J connectivity index is 1.96. The Kier molecular flexibility index (Phi) is 5.66. The first-order chi connectivity index (χ1) is 12.8. The van der Waals surface area contributed by atoms with Crippen molar-refractivity contribution in [1.29, 1.82) is 0 Å². The van der Waals surface area contributed by atoms with Gasteiger partial charge in [0, 0.05) is 24.2 Å². The van der Waals surface area contributed by atoms with E-state index in [1.165, 1.54) is 16.4 Å². The number of nitrogens with zero attached hydrogens (tertiary/aromatic N) is 2. The lowest BCUT2D eigenvalue weighted by molar-refractivity contribution is -0.385. The largest absolute Gasteiger partial charge is 0.450 e. The van der Waals surface area contributed by atoms with Crippen molar-refractivity contribution in [2.24, 2.45) is 0 Å². The first kappa shape index (κ1) is 19.6. The number of morpholine rings is 1. The Bertz CT molecular complexity index is 973. The van der Waals surface area contributed by atoms with E-state index < -0.39 is 20.6 Å². The summed E-state index contributed by atoms with van der Waals surface area (Å²) in [6.07, 6.45) is 0. The fourth-order valence-corrected chi connectivity index (χ4v) is 4.32. The Morgan fingerprint density at radius 2 is 1.81 bits per heavy atom. The van der Waals surface area contributed by atoms with Crippen LogP contribution in [0, 0.1) is 17.0 Å². The van der Waals surface area contributed by atoms with Gasteiger partial charge in [-0.05, 0) is 42.8 Å². The van der Waals surface area contributed by atoms with E-state index in [0.717, 1.165) is 6.07 Å². The van der Waals surface area contributed by atoms with E-state index in [4.69, 9.17) is 21.1 Å². The van der Waals surface area contributed by atoms with Gasteiger partial charge in [-0.15, -0.1) is 0 Å². The van der Waals surface area contributed by atoms with E-state index in [1.54, 1.807) is 25.1 Å². The maximum absolute atomic E-state index is 12.7. The normalized spacial score (nSPS) is 15.5. The average Bonchev–Trinajstić information content (AvgIpc) is 2.64. The second kappa shape index (κ2) is 7.81. The van der Waals surface area contributed by atoms with Crippen LogP contribution in [0.3, 0.4) is 0 Å². The van der Waals surface area contributed by atoms with Gasteiger partial charge in [-0.2, -0.15) is 4.31 Å². The van der Waals surface area contributed by atoms with Crippen LogP contribution in [0.5, 0.6) is 11.5 Å². The van der Waals surface area contributed by atoms with Crippen molar-refractivity contribution in [3.63, 3.8) is 0 Å². The number of nitro groups is 1. The molecule has 8 nitrogen and oxygen atoms in total. The summed E-state index contributed by atoms with van der Waals surface area (Å²) in [4.78, 5) is 10.7. The van der Waals surface area contributed by atoms with Gasteiger partial charge in [0.2, 0.25) is 15.8 Å². The van der Waals surface area contributed by atoms with E-state index in [1.807, 2.05) is 0 Å². The van der Waals surface area contributed by atoms with E-state index in [9.17, 15) is 18.5 Å². The average molecular weight is 413 g/mol. The molecular weight excluding hydrogens is 396 g/mol. The summed E-state index contributed by atoms with van der Waals surface area (Å²) in [5, 5.41) is 12.0. The fraction of sp³-hybridized carbons (Fsp3) is 0.294. The lowest BCUT2D eigenvalue weighted by Gasteiger charge is -2.26. The minimum Gasteiger partial charge on any atom is -0.450 e. The first-order valence-electron chi connectivity index (χ1n) is 8.09. The van der Waals surface area contributed by atoms with Crippen LogP contribution < -0.4 is 4.74 Å². The zero-order chi connectivity index (χ0) is 19.6. The molecule has 0 N–H and O–H groups in total. The van der Waals surface area contributed by atoms with Crippen molar-refractivity contribution in [3.05, 3.63) is 57.1 Å². The van der Waals surface area contributed by atoms with Crippen LogP contribution >= 0.6 is 11.6 Å². The number of hydrogen-bond donors (Lipinski definition) is 0. The predicted molar refractivity (Wildman–Crippen MR) is 98.9 cm³/mol. The highest BCUT2D eigenvalue weighted by molar-refractivity contribution is 7.89. The molecule has 3 rings (SSSR count). The molecule has 27 heavy (non-hydrogen) atoms. The molecule has 1 aliphatic rings. The van der Waals surface area contributed by atoms with Crippen molar-refractivity contribution in [1.82, 2.24) is 4.31 Å². The van der Waals surface area contributed by atoms with Crippen LogP contribution in [0.4, 0.5) is 5.69 Å². The summed E-state index contributed by atoms with van der Waals surface area (Å²) in [6, 6.07) is 8.48. The number of hydrogen-bond acceptors (Lipinski definition) is 6. The maximum atomic E-state index is 12.7. The SMILES string of the molecule is Cc1cc(Cl)ccc1Oc1ccc(S(=O)(=O)N2CCOCC2)cc1[N+](=O)[O-]. The van der Waals surface area contributed by atoms with Crippen LogP contribution in [-0.4, -0.2) is 43.9 Å². The molecule has 0 radical (unpaired) electrons. The molecule has 2 aromatic carbocycles. The maximum Gasteiger partial charge on any atom is 0.312 e. The summed E-state index contributed by atoms with van der Waals surface area (Å²) in [6.45, 7) is 2.75. The summed E-state index contributed by atoms with van der Waals surface area (Å²) < 4.78 is 37.5. The molecule has 2 aromatic rings. The summed E-state index contributed by atoms with van der Waals surface area (Å²) in [5.74, 6) is 0.345. The highest BCUT2D eigenvalue weighted by Crippen LogP contribution is 2.35. The molecule has 1 heterocycles. The van der Waals surface area contributed by atoms with Crippen LogP contribution in [0.15, 0.2) is 41.3 Å². The number of sulfonamides is 1. The first-order valence-corrected chi connectivity index (χ1v) is 9.91. The summed E-state index contributed by atoms with van der Waals surface area (Å²) >= 11 is 5.90. The van der Waals surface area contributed by atoms with Gasteiger partial charge in [0.15, 0.2) is 0 Å². The monoisotopic (exact) mass is 412 g/mol. The van der Waals surface area contributed by atoms with Crippen molar-refractivity contribution < 1.29 is 22.8 Å². The third-order valence-electron chi connectivity index (χ3n) is 4.09. The topological polar surface area (TPSA) is 99.0 Å². The molecule has 0 spiro atoms. The molecule has 1 saturated heterocycles. The van der Waals surface area contributed by atoms with E-state index in [0.29, 0.717) is 29.5 Å². The van der Waals surface area contributed by atoms with E-state index >= 15 is 0 Å². The predicted octanol–water partition coefficient (Wildman–Crippen LogP) is 3.37. The van der Waals surface area contributed by atoms with Crippen molar-refractivity contribution in [3.8, 4) is 11.5 Å². The van der Waals surface area contributed by atoms with Gasteiger partial charge in [-0.25, -0.2) is 8.42 Å². The Labute approximate surface area is 161 Å². The number of aryl methyl sites for hydroxylation is 1. The summed E-state index contributed by atoms with van der Waals surface area (Å²) in [5.41, 5.74) is 0.264. The second-order valence-electron chi connectivity index (χ2n) is 5.91. The molecule has 0 amide bonds. The molecule has 10 heteroatoms. The van der Waals surface area contributed by atoms with Crippen molar-refractivity contribution in [2.45, 2.75) is 11.8 Å². The van der Waals surface area contributed by atoms with Crippen LogP contribution in [0.25, 0.3) is 0 Å². The van der Waals surface area contributed by atoms with E-state index in [2.05, 4.69) is 0 Å². The van der Waals surface area contributed by atoms with Gasteiger partial charge < -0.3 is 9.47 Å². The Hall–Kier alpha value is -2.20. The van der Waals surface area contributed by atoms with Crippen LogP contribution in [-0.2, 0) is 14.8 Å². The van der Waals surface area contributed by atoms with Gasteiger partial charge in [0.1, 0.15) is 5.75 Å². The zero-order valence-corrected chi connectivity index (χ0v) is 16.0. The Morgan fingerprint density at radius 3 is 2.44 bits per heavy atom. The van der Waals surface area contributed by atoms with Crippen LogP contribution in [0.1, 0.15) is 5.56 Å². The number of ether oxygens (including phenoxy) is 2. The molecule has 1 fully saturated rings. The smallest absolute Gasteiger partial charge is 0.312 e. The third-order valence-corrected chi connectivity index (χ3v) is 6.22. The molecule has 0 atom stereocenters. The number of nitro benzene ring substituents is 1. The molecular formula is C17H17ClN2O6S. The number of benzene rings is 2. The van der Waals surface area contributed by atoms with Crippen molar-refractivity contribution >= 4 is 27.3 Å². The Morgan fingerprint density at radius 1 is 1.15 bits per heavy atom. The zero-order valence-electron chi connectivity index (χ0n) is 14.4. The standard InChI is InChI=1S/C17H17ClN2O6S/c1-12-10-13(18)2-4-16(12)26-17-5-3-14(11-15(17)20(21)22)27(23,24)19-6-8-25-9-7-19/h2-5,10-11H,6-9H2,1H3. The molecule has 144 valence electrons. The highest BCUT2D eigenvalue weighted by atomic mass is 35.5. The lowest BCUT2D eigenvalue weighted by Crippen LogP contribution is -2.40. The minimum atomic E-state index is -3.85. The van der Waals surface area contributed by atoms with Crippen molar-refractivity contribution in [2.75, 3.05) is 26.3 Å². The molecule has 0 aliphatic carbocycles. The van der Waals surface area contributed by atoms with Gasteiger partial charge in [0.25, 0.3) is 0 Å². The molecule has 0 unspecified atom stereocenters. The lowest BCUT2D eigenvalue weighted by atomic mass is 10.2. The van der Waals surface area contributed by atoms with E-state index in [-0.39, 0.29) is 23.7 Å². The second-order valence-corrected chi connectivity index (χ2v) is 8.29. The highest BCUT2D eigenvalue weighted by Gasteiger charge is 2.29. The van der Waals surface area contributed by atoms with Gasteiger partial charge in [-0.3, -0.25) is 10.1 Å². The number of halogens is 1. The fourth-order valence-electron chi connectivity index (χ4n) is 2.67. The van der Waals surface area contributed by atoms with Gasteiger partial charge in [-0.1, -0.05) is 11.6 Å². The molecule has 0 saturated carbocycles. The molecule has 0 bridgehead atoms. The van der Waals surface area contributed by atoms with Crippen LogP contribution in [0.2, 0.25) is 5.02 Å². The molecule has 0 aromatic heterocycles. The molecule has 1 aliphatic heterocycles. The third kappa shape index (κ3) is 4.22. The minimum absolute atomic E-state index is 0.0497. The van der Waals surface area contributed by atoms with Gasteiger partial charge >= 0.3 is 5.69 Å². The van der Waals surface area contributed by atoms with Gasteiger partial charge in [0.05, 0.1) is 23.0 Å². The summed E-state index contributed by atoms with van der Waals surface area (Å²) in [7, 11) is -3.85. The number of rotatable bonds is 5.